The molecule has 0 aliphatic carbocycles. The third-order valence-electron chi connectivity index (χ3n) is 8.68. The molecule has 0 saturated carbocycles. The highest BCUT2D eigenvalue weighted by molar-refractivity contribution is 6.12. The van der Waals surface area contributed by atoms with E-state index in [2.05, 4.69) is 98.4 Å². The smallest absolute Gasteiger partial charge is 0.227 e. The van der Waals surface area contributed by atoms with Crippen LogP contribution < -0.4 is 19.6 Å². The van der Waals surface area contributed by atoms with Crippen LogP contribution in [0.2, 0.25) is 0 Å². The molecule has 2 aliphatic heterocycles. The molecule has 0 fully saturated rings. The van der Waals surface area contributed by atoms with Crippen LogP contribution in [-0.2, 0) is 0 Å². The van der Waals surface area contributed by atoms with Crippen molar-refractivity contribution in [3.8, 4) is 0 Å². The second-order valence-electron chi connectivity index (χ2n) is 11.9. The van der Waals surface area contributed by atoms with Crippen LogP contribution in [-0.4, -0.2) is 39.4 Å². The first-order valence-corrected chi connectivity index (χ1v) is 14.6. The summed E-state index contributed by atoms with van der Waals surface area (Å²) in [4.78, 5) is 24.2. The van der Waals surface area contributed by atoms with Gasteiger partial charge in [0.15, 0.2) is 17.2 Å². The highest BCUT2D eigenvalue weighted by Gasteiger charge is 2.42. The molecule has 0 bridgehead atoms. The fourth-order valence-electron chi connectivity index (χ4n) is 7.07. The molecule has 2 aliphatic rings. The van der Waals surface area contributed by atoms with E-state index >= 15 is 0 Å². The van der Waals surface area contributed by atoms with Crippen LogP contribution in [0.1, 0.15) is 52.8 Å². The maximum absolute atomic E-state index is 6.65. The van der Waals surface area contributed by atoms with Crippen LogP contribution in [0.25, 0.3) is 22.1 Å². The first-order valence-electron chi connectivity index (χ1n) is 14.6. The summed E-state index contributed by atoms with van der Waals surface area (Å²) in [5.41, 5.74) is 7.96. The normalized spacial score (nSPS) is 18.5. The van der Waals surface area contributed by atoms with Gasteiger partial charge in [-0.05, 0) is 97.9 Å². The Hall–Kier alpha value is -4.33. The van der Waals surface area contributed by atoms with E-state index in [-0.39, 0.29) is 12.3 Å². The predicted octanol–water partition coefficient (Wildman–Crippen LogP) is 7.81. The maximum Gasteiger partial charge on any atom is 0.227 e. The standard InChI is InChI=1S/C33H37N7O/c1-18(2)37-22(7)39(31-26(37)11-9-15-34-31)28-17-25-24-14-13-20(5)36-33(24)41-30(25)29(21(28)6)40-23(8)38(19(3)4)27-12-10-16-35-32(27)40/h9-19,22-23H,1-8H3/t22-,23+/m1/s1. The Morgan fingerprint density at radius 2 is 1.32 bits per heavy atom. The molecule has 0 spiro atoms. The number of hydrogen-bond donors (Lipinski definition) is 0. The van der Waals surface area contributed by atoms with Crippen molar-refractivity contribution in [1.82, 2.24) is 15.0 Å². The van der Waals surface area contributed by atoms with Crippen molar-refractivity contribution in [3.05, 3.63) is 66.1 Å². The van der Waals surface area contributed by atoms with E-state index in [0.29, 0.717) is 17.8 Å². The molecule has 6 heterocycles. The zero-order chi connectivity index (χ0) is 28.7. The van der Waals surface area contributed by atoms with Crippen molar-refractivity contribution in [2.24, 2.45) is 0 Å². The lowest BCUT2D eigenvalue weighted by Gasteiger charge is -2.35. The Bertz CT molecular complexity index is 1810. The van der Waals surface area contributed by atoms with E-state index in [1.165, 1.54) is 0 Å². The number of benzene rings is 1. The maximum atomic E-state index is 6.65. The number of anilines is 6. The molecular weight excluding hydrogens is 510 g/mol. The molecule has 5 aromatic rings. The molecular formula is C33H37N7O. The molecule has 8 heteroatoms. The number of aryl methyl sites for hydroxylation is 1. The van der Waals surface area contributed by atoms with Gasteiger partial charge in [0, 0.05) is 46.5 Å². The van der Waals surface area contributed by atoms with Crippen LogP contribution in [0.3, 0.4) is 0 Å². The van der Waals surface area contributed by atoms with Crippen LogP contribution >= 0.6 is 0 Å². The number of aromatic nitrogens is 3. The molecule has 0 N–H and O–H groups in total. The molecule has 7 rings (SSSR count). The summed E-state index contributed by atoms with van der Waals surface area (Å²) in [6.07, 6.45) is 3.89. The number of rotatable bonds is 4. The zero-order valence-corrected chi connectivity index (χ0v) is 25.0. The summed E-state index contributed by atoms with van der Waals surface area (Å²) in [6, 6.07) is 15.5. The van der Waals surface area contributed by atoms with E-state index < -0.39 is 0 Å². The average Bonchev–Trinajstić information content (AvgIpc) is 3.54. The largest absolute Gasteiger partial charge is 0.435 e. The Morgan fingerprint density at radius 3 is 1.93 bits per heavy atom. The van der Waals surface area contributed by atoms with Crippen molar-refractivity contribution in [3.63, 3.8) is 0 Å². The van der Waals surface area contributed by atoms with Crippen LogP contribution in [0.15, 0.2) is 59.3 Å². The van der Waals surface area contributed by atoms with Crippen LogP contribution in [0.5, 0.6) is 0 Å². The zero-order valence-electron chi connectivity index (χ0n) is 25.0. The van der Waals surface area contributed by atoms with Gasteiger partial charge in [-0.2, -0.15) is 0 Å². The van der Waals surface area contributed by atoms with Crippen molar-refractivity contribution in [2.45, 2.75) is 79.8 Å². The van der Waals surface area contributed by atoms with Crippen molar-refractivity contribution >= 4 is 56.5 Å². The van der Waals surface area contributed by atoms with Gasteiger partial charge in [0.05, 0.1) is 22.7 Å². The lowest BCUT2D eigenvalue weighted by Crippen LogP contribution is -2.43. The molecule has 2 atom stereocenters. The van der Waals surface area contributed by atoms with E-state index in [1.807, 2.05) is 31.5 Å². The molecule has 8 nitrogen and oxygen atoms in total. The third kappa shape index (κ3) is 3.55. The number of furan rings is 1. The Morgan fingerprint density at radius 1 is 0.732 bits per heavy atom. The van der Waals surface area contributed by atoms with Crippen molar-refractivity contribution in [2.75, 3.05) is 19.6 Å². The van der Waals surface area contributed by atoms with Gasteiger partial charge in [-0.25, -0.2) is 15.0 Å². The Labute approximate surface area is 241 Å². The minimum absolute atomic E-state index is 0.0357. The lowest BCUT2D eigenvalue weighted by atomic mass is 10.0. The van der Waals surface area contributed by atoms with Gasteiger partial charge < -0.3 is 24.0 Å². The summed E-state index contributed by atoms with van der Waals surface area (Å²) >= 11 is 0. The second kappa shape index (κ2) is 9.09. The molecule has 1 aromatic carbocycles. The van der Waals surface area contributed by atoms with E-state index in [4.69, 9.17) is 19.4 Å². The van der Waals surface area contributed by atoms with Gasteiger partial charge in [0.2, 0.25) is 5.71 Å². The molecule has 0 saturated heterocycles. The SMILES string of the molecule is Cc1ccc2c(n1)oc1c(N3c4ncccc4N(C(C)C)[C@@H]3C)c(C)c(N3c4ncccc4N(C(C)C)[C@H]3C)cc12. The van der Waals surface area contributed by atoms with E-state index in [9.17, 15) is 0 Å². The van der Waals surface area contributed by atoms with E-state index in [1.54, 1.807) is 0 Å². The summed E-state index contributed by atoms with van der Waals surface area (Å²) < 4.78 is 6.65. The average molecular weight is 548 g/mol. The number of nitrogens with zero attached hydrogens (tertiary/aromatic N) is 7. The number of pyridine rings is 3. The monoisotopic (exact) mass is 547 g/mol. The molecule has 0 radical (unpaired) electrons. The highest BCUT2D eigenvalue weighted by atomic mass is 16.3. The van der Waals surface area contributed by atoms with Crippen molar-refractivity contribution in [1.29, 1.82) is 0 Å². The summed E-state index contributed by atoms with van der Waals surface area (Å²) in [5.74, 6) is 1.91. The van der Waals surface area contributed by atoms with Gasteiger partial charge in [-0.1, -0.05) is 0 Å². The van der Waals surface area contributed by atoms with Gasteiger partial charge >= 0.3 is 0 Å². The van der Waals surface area contributed by atoms with Gasteiger partial charge in [0.25, 0.3) is 0 Å². The summed E-state index contributed by atoms with van der Waals surface area (Å²) in [6.45, 7) is 17.7. The lowest BCUT2D eigenvalue weighted by molar-refractivity contribution is 0.599. The Kier molecular flexibility index (Phi) is 5.68. The number of fused-ring (bicyclic) bond motifs is 5. The molecule has 210 valence electrons. The second-order valence-corrected chi connectivity index (χ2v) is 11.9. The van der Waals surface area contributed by atoms with Crippen molar-refractivity contribution < 1.29 is 4.42 Å². The molecule has 41 heavy (non-hydrogen) atoms. The fourth-order valence-corrected chi connectivity index (χ4v) is 7.07. The first-order chi connectivity index (χ1) is 19.7. The minimum Gasteiger partial charge on any atom is -0.435 e. The molecule has 0 unspecified atom stereocenters. The van der Waals surface area contributed by atoms with Crippen LogP contribution in [0.4, 0.5) is 34.4 Å². The predicted molar refractivity (Wildman–Crippen MR) is 168 cm³/mol. The first kappa shape index (κ1) is 25.6. The minimum atomic E-state index is 0.0357. The quantitative estimate of drug-likeness (QED) is 0.226. The molecule has 0 amide bonds. The third-order valence-corrected chi connectivity index (χ3v) is 8.68. The summed E-state index contributed by atoms with van der Waals surface area (Å²) in [5, 5.41) is 2.05. The Balaban J connectivity index is 1.55. The fraction of sp³-hybridized carbons (Fsp3) is 0.364. The van der Waals surface area contributed by atoms with Gasteiger partial charge in [0.1, 0.15) is 12.3 Å². The van der Waals surface area contributed by atoms with Gasteiger partial charge in [-0.3, -0.25) is 0 Å². The number of hydrogen-bond acceptors (Lipinski definition) is 8. The topological polar surface area (TPSA) is 64.8 Å². The highest BCUT2D eigenvalue weighted by Crippen LogP contribution is 2.52. The van der Waals surface area contributed by atoms with Crippen LogP contribution in [0, 0.1) is 13.8 Å². The van der Waals surface area contributed by atoms with Gasteiger partial charge in [-0.15, -0.1) is 0 Å². The molecule has 4 aromatic heterocycles. The van der Waals surface area contributed by atoms with E-state index in [0.717, 1.165) is 62.0 Å². The summed E-state index contributed by atoms with van der Waals surface area (Å²) in [7, 11) is 0.